The van der Waals surface area contributed by atoms with E-state index in [2.05, 4.69) is 5.32 Å². The van der Waals surface area contributed by atoms with Crippen molar-refractivity contribution in [2.24, 2.45) is 11.8 Å². The molecule has 1 aliphatic rings. The summed E-state index contributed by atoms with van der Waals surface area (Å²) in [5, 5.41) is 11.6. The van der Waals surface area contributed by atoms with Crippen molar-refractivity contribution in [3.63, 3.8) is 0 Å². The molecule has 1 rings (SSSR count). The van der Waals surface area contributed by atoms with Crippen LogP contribution in [-0.2, 0) is 9.53 Å². The maximum absolute atomic E-state index is 11.4. The number of hydrogen-bond donors (Lipinski definition) is 2. The van der Waals surface area contributed by atoms with E-state index in [1.165, 1.54) is 0 Å². The van der Waals surface area contributed by atoms with Gasteiger partial charge in [0.05, 0.1) is 5.92 Å². The molecule has 105 valence electrons. The Kier molecular flexibility index (Phi) is 8.01. The Balaban J connectivity index is 0.00000324. The van der Waals surface area contributed by atoms with Crippen molar-refractivity contribution >= 4 is 41.6 Å². The first-order valence-corrected chi connectivity index (χ1v) is 6.47. The number of carboxylic acid groups (broad SMARTS) is 1. The molecule has 19 heavy (non-hydrogen) atoms. The van der Waals surface area contributed by atoms with E-state index in [1.54, 1.807) is 0 Å². The smallest absolute Gasteiger partial charge is 0.407 e. The molecule has 1 aliphatic carbocycles. The number of alkyl carbamates (subject to hydrolysis) is 1. The average molecular weight is 280 g/mol. The number of aliphatic carboxylic acids is 1. The minimum absolute atomic E-state index is 0. The zero-order chi connectivity index (χ0) is 13.8. The van der Waals surface area contributed by atoms with Crippen molar-refractivity contribution in [2.45, 2.75) is 52.1 Å². The van der Waals surface area contributed by atoms with E-state index in [-0.39, 0.29) is 35.5 Å². The Labute approximate surface area is 136 Å². The predicted molar refractivity (Wildman–Crippen MR) is 73.1 cm³/mol. The topological polar surface area (TPSA) is 75.6 Å². The maximum Gasteiger partial charge on any atom is 0.407 e. The molecule has 0 spiro atoms. The summed E-state index contributed by atoms with van der Waals surface area (Å²) < 4.78 is 5.14. The first-order chi connectivity index (χ1) is 8.28. The van der Waals surface area contributed by atoms with Crippen molar-refractivity contribution in [1.82, 2.24) is 5.32 Å². The summed E-state index contributed by atoms with van der Waals surface area (Å²) in [7, 11) is 0. The number of rotatable bonds is 3. The molecule has 0 unspecified atom stereocenters. The Morgan fingerprint density at radius 1 is 1.21 bits per heavy atom. The molecule has 6 heteroatoms. The van der Waals surface area contributed by atoms with Gasteiger partial charge < -0.3 is 15.2 Å². The fraction of sp³-hybridized carbons (Fsp3) is 0.846. The summed E-state index contributed by atoms with van der Waals surface area (Å²) in [6.45, 7) is 6.04. The van der Waals surface area contributed by atoms with E-state index < -0.39 is 17.7 Å². The molecule has 1 radical (unpaired) electrons. The Bertz CT molecular complexity index is 306. The number of carboxylic acids is 1. The molecule has 0 aliphatic heterocycles. The van der Waals surface area contributed by atoms with Crippen LogP contribution in [-0.4, -0.2) is 58.9 Å². The molecule has 0 aromatic heterocycles. The predicted octanol–water partition coefficient (Wildman–Crippen LogP) is 2.02. The Morgan fingerprint density at radius 3 is 2.16 bits per heavy atom. The molecule has 1 amide bonds. The van der Waals surface area contributed by atoms with Gasteiger partial charge in [0.1, 0.15) is 5.60 Å². The molecule has 1 saturated carbocycles. The summed E-state index contributed by atoms with van der Waals surface area (Å²) in [5.41, 5.74) is -0.481. The number of nitrogens with one attached hydrogen (secondary N) is 1. The van der Waals surface area contributed by atoms with E-state index in [0.29, 0.717) is 25.3 Å². The van der Waals surface area contributed by atoms with Crippen molar-refractivity contribution in [2.75, 3.05) is 6.54 Å². The largest absolute Gasteiger partial charge is 0.481 e. The summed E-state index contributed by atoms with van der Waals surface area (Å²) >= 11 is 0. The molecule has 0 saturated heterocycles. The standard InChI is InChI=1S/C13H23NO4.Na/c1-13(2,3)18-12(17)14-8-9-4-6-10(7-5-9)11(15)16;/h9-10H,4-8H2,1-3H3,(H,14,17)(H,15,16);. The van der Waals surface area contributed by atoms with Crippen LogP contribution in [0.4, 0.5) is 4.79 Å². The first-order valence-electron chi connectivity index (χ1n) is 6.47. The normalized spacial score (nSPS) is 23.1. The van der Waals surface area contributed by atoms with E-state index in [4.69, 9.17) is 9.84 Å². The molecule has 0 aromatic rings. The van der Waals surface area contributed by atoms with Gasteiger partial charge in [0, 0.05) is 36.1 Å². The van der Waals surface area contributed by atoms with E-state index >= 15 is 0 Å². The van der Waals surface area contributed by atoms with E-state index in [1.807, 2.05) is 20.8 Å². The zero-order valence-electron chi connectivity index (χ0n) is 12.4. The first kappa shape index (κ1) is 18.7. The number of carbonyl (C=O) groups excluding carboxylic acids is 1. The molecule has 5 nitrogen and oxygen atoms in total. The number of ether oxygens (including phenoxy) is 1. The third kappa shape index (κ3) is 7.80. The van der Waals surface area contributed by atoms with Crippen LogP contribution in [0.1, 0.15) is 46.5 Å². The van der Waals surface area contributed by atoms with Gasteiger partial charge in [0.2, 0.25) is 0 Å². The van der Waals surface area contributed by atoms with Crippen LogP contribution in [0, 0.1) is 11.8 Å². The minimum Gasteiger partial charge on any atom is -0.481 e. The summed E-state index contributed by atoms with van der Waals surface area (Å²) in [6, 6.07) is 0. The molecule has 2 N–H and O–H groups in total. The monoisotopic (exact) mass is 280 g/mol. The van der Waals surface area contributed by atoms with Crippen LogP contribution in [0.15, 0.2) is 0 Å². The van der Waals surface area contributed by atoms with Crippen LogP contribution in [0.3, 0.4) is 0 Å². The van der Waals surface area contributed by atoms with Crippen molar-refractivity contribution in [3.05, 3.63) is 0 Å². The third-order valence-corrected chi connectivity index (χ3v) is 3.13. The van der Waals surface area contributed by atoms with E-state index in [0.717, 1.165) is 12.8 Å². The average Bonchev–Trinajstić information content (AvgIpc) is 2.24. The minimum atomic E-state index is -0.700. The third-order valence-electron chi connectivity index (χ3n) is 3.13. The summed E-state index contributed by atoms with van der Waals surface area (Å²) in [4.78, 5) is 22.2. The molecule has 0 heterocycles. The second-order valence-corrected chi connectivity index (χ2v) is 5.94. The fourth-order valence-corrected chi connectivity index (χ4v) is 2.16. The van der Waals surface area contributed by atoms with Gasteiger partial charge in [-0.1, -0.05) is 0 Å². The van der Waals surface area contributed by atoms with Crippen LogP contribution in [0.25, 0.3) is 0 Å². The molecule has 1 fully saturated rings. The summed E-state index contributed by atoms with van der Waals surface area (Å²) in [5.74, 6) is -0.538. The second kappa shape index (κ2) is 8.12. The molecule has 0 aromatic carbocycles. The van der Waals surface area contributed by atoms with Gasteiger partial charge in [-0.25, -0.2) is 4.79 Å². The van der Waals surface area contributed by atoms with Gasteiger partial charge in [-0.05, 0) is 52.4 Å². The van der Waals surface area contributed by atoms with Gasteiger partial charge in [-0.15, -0.1) is 0 Å². The zero-order valence-corrected chi connectivity index (χ0v) is 14.4. The van der Waals surface area contributed by atoms with Crippen molar-refractivity contribution in [3.8, 4) is 0 Å². The molecular formula is C13H23NNaO4. The number of hydrogen-bond acceptors (Lipinski definition) is 3. The van der Waals surface area contributed by atoms with Gasteiger partial charge in [-0.2, -0.15) is 0 Å². The van der Waals surface area contributed by atoms with Gasteiger partial charge in [0.15, 0.2) is 0 Å². The van der Waals surface area contributed by atoms with Gasteiger partial charge in [-0.3, -0.25) is 4.79 Å². The van der Waals surface area contributed by atoms with E-state index in [9.17, 15) is 9.59 Å². The SMILES string of the molecule is CC(C)(C)OC(=O)NCC1CCC(C(=O)O)CC1.[Na]. The summed E-state index contributed by atoms with van der Waals surface area (Å²) in [6.07, 6.45) is 2.72. The number of carbonyl (C=O) groups is 2. The quantitative estimate of drug-likeness (QED) is 0.775. The Morgan fingerprint density at radius 2 is 1.74 bits per heavy atom. The van der Waals surface area contributed by atoms with Gasteiger partial charge in [0.25, 0.3) is 0 Å². The van der Waals surface area contributed by atoms with Crippen molar-refractivity contribution < 1.29 is 19.4 Å². The Hall–Kier alpha value is -0.260. The fourth-order valence-electron chi connectivity index (χ4n) is 2.16. The van der Waals surface area contributed by atoms with Crippen molar-refractivity contribution in [1.29, 1.82) is 0 Å². The second-order valence-electron chi connectivity index (χ2n) is 5.94. The van der Waals surface area contributed by atoms with Crippen LogP contribution in [0.2, 0.25) is 0 Å². The van der Waals surface area contributed by atoms with Crippen LogP contribution in [0.5, 0.6) is 0 Å². The molecular weight excluding hydrogens is 257 g/mol. The molecule has 0 atom stereocenters. The number of amides is 1. The van der Waals surface area contributed by atoms with Crippen LogP contribution >= 0.6 is 0 Å². The molecule has 0 bridgehead atoms. The maximum atomic E-state index is 11.4. The van der Waals surface area contributed by atoms with Gasteiger partial charge >= 0.3 is 12.1 Å². The van der Waals surface area contributed by atoms with Crippen LogP contribution < -0.4 is 5.32 Å².